The fourth-order valence-electron chi connectivity index (χ4n) is 1.68. The molecule has 1 aromatic carbocycles. The van der Waals surface area contributed by atoms with Gasteiger partial charge in [0, 0.05) is 30.4 Å². The van der Waals surface area contributed by atoms with Gasteiger partial charge in [-0.15, -0.1) is 0 Å². The number of hydrogen-bond acceptors (Lipinski definition) is 4. The van der Waals surface area contributed by atoms with E-state index < -0.39 is 17.5 Å². The topological polar surface area (TPSA) is 49.8 Å². The van der Waals surface area contributed by atoms with E-state index >= 15 is 0 Å². The molecule has 0 spiro atoms. The second kappa shape index (κ2) is 5.77. The molecule has 0 fully saturated rings. The lowest BCUT2D eigenvalue weighted by Gasteiger charge is -2.09. The van der Waals surface area contributed by atoms with Crippen LogP contribution in [0, 0.1) is 24.4 Å². The van der Waals surface area contributed by atoms with Gasteiger partial charge in [-0.3, -0.25) is 0 Å². The summed E-state index contributed by atoms with van der Waals surface area (Å²) in [6, 6.07) is 3.32. The van der Waals surface area contributed by atoms with E-state index in [1.54, 1.807) is 13.0 Å². The number of aryl methyl sites for hydroxylation is 1. The SMILES string of the molecule is CCNc1cc(Nc2cc(F)c(F)c(F)c2)nc(C)n1. The van der Waals surface area contributed by atoms with E-state index in [0.717, 1.165) is 12.1 Å². The first kappa shape index (κ1) is 14.1. The minimum absolute atomic E-state index is 0.0712. The van der Waals surface area contributed by atoms with Crippen LogP contribution in [0.4, 0.5) is 30.5 Å². The van der Waals surface area contributed by atoms with Gasteiger partial charge >= 0.3 is 0 Å². The van der Waals surface area contributed by atoms with E-state index in [9.17, 15) is 13.2 Å². The zero-order chi connectivity index (χ0) is 14.7. The van der Waals surface area contributed by atoms with Crippen molar-refractivity contribution < 1.29 is 13.2 Å². The van der Waals surface area contributed by atoms with Crippen molar-refractivity contribution in [1.82, 2.24) is 9.97 Å². The fraction of sp³-hybridized carbons (Fsp3) is 0.231. The summed E-state index contributed by atoms with van der Waals surface area (Å²) in [5.74, 6) is -2.57. The Morgan fingerprint density at radius 2 is 1.60 bits per heavy atom. The molecule has 1 aromatic heterocycles. The summed E-state index contributed by atoms with van der Waals surface area (Å²) >= 11 is 0. The molecule has 0 bridgehead atoms. The molecule has 0 aliphatic heterocycles. The molecular formula is C13H13F3N4. The first-order valence-corrected chi connectivity index (χ1v) is 6.00. The monoisotopic (exact) mass is 282 g/mol. The molecule has 20 heavy (non-hydrogen) atoms. The average molecular weight is 282 g/mol. The maximum atomic E-state index is 13.1. The van der Waals surface area contributed by atoms with Crippen LogP contribution in [-0.4, -0.2) is 16.5 Å². The highest BCUT2D eigenvalue weighted by Gasteiger charge is 2.11. The van der Waals surface area contributed by atoms with Crippen LogP contribution in [0.2, 0.25) is 0 Å². The molecule has 2 rings (SSSR count). The zero-order valence-corrected chi connectivity index (χ0v) is 11.0. The van der Waals surface area contributed by atoms with Gasteiger partial charge in [0.05, 0.1) is 0 Å². The van der Waals surface area contributed by atoms with Crippen molar-refractivity contribution in [3.8, 4) is 0 Å². The van der Waals surface area contributed by atoms with Gasteiger partial charge in [-0.05, 0) is 13.8 Å². The number of aromatic nitrogens is 2. The summed E-state index contributed by atoms with van der Waals surface area (Å²) in [6.07, 6.45) is 0. The van der Waals surface area contributed by atoms with E-state index in [0.29, 0.717) is 24.0 Å². The molecule has 1 heterocycles. The molecule has 2 N–H and O–H groups in total. The highest BCUT2D eigenvalue weighted by Crippen LogP contribution is 2.21. The number of rotatable bonds is 4. The molecule has 0 aliphatic carbocycles. The second-order valence-corrected chi connectivity index (χ2v) is 4.09. The van der Waals surface area contributed by atoms with Crippen LogP contribution in [0.15, 0.2) is 18.2 Å². The van der Waals surface area contributed by atoms with Crippen LogP contribution in [0.1, 0.15) is 12.7 Å². The molecule has 106 valence electrons. The Labute approximate surface area is 114 Å². The Hall–Kier alpha value is -2.31. The minimum atomic E-state index is -1.50. The molecule has 0 unspecified atom stereocenters. The van der Waals surface area contributed by atoms with E-state index in [4.69, 9.17) is 0 Å². The molecule has 0 atom stereocenters. The van der Waals surface area contributed by atoms with Gasteiger partial charge in [-0.1, -0.05) is 0 Å². The second-order valence-electron chi connectivity index (χ2n) is 4.09. The third-order valence-corrected chi connectivity index (χ3v) is 2.45. The smallest absolute Gasteiger partial charge is 0.194 e. The fourth-order valence-corrected chi connectivity index (χ4v) is 1.68. The Kier molecular flexibility index (Phi) is 4.07. The summed E-state index contributed by atoms with van der Waals surface area (Å²) in [5, 5.41) is 5.72. The van der Waals surface area contributed by atoms with Crippen molar-refractivity contribution in [2.45, 2.75) is 13.8 Å². The standard InChI is InChI=1S/C13H13F3N4/c1-3-17-11-6-12(19-7(2)18-11)20-8-4-9(14)13(16)10(15)5-8/h4-6H,3H2,1-2H3,(H2,17,18,19,20). The van der Waals surface area contributed by atoms with E-state index in [1.165, 1.54) is 0 Å². The molecule has 0 saturated heterocycles. The number of nitrogens with one attached hydrogen (secondary N) is 2. The average Bonchev–Trinajstić information content (AvgIpc) is 2.35. The van der Waals surface area contributed by atoms with Crippen molar-refractivity contribution in [3.05, 3.63) is 41.5 Å². The number of halogens is 3. The van der Waals surface area contributed by atoms with Crippen molar-refractivity contribution in [2.75, 3.05) is 17.2 Å². The predicted molar refractivity (Wildman–Crippen MR) is 70.5 cm³/mol. The largest absolute Gasteiger partial charge is 0.370 e. The summed E-state index contributed by atoms with van der Waals surface area (Å²) in [6.45, 7) is 4.28. The van der Waals surface area contributed by atoms with Gasteiger partial charge in [-0.2, -0.15) is 0 Å². The quantitative estimate of drug-likeness (QED) is 0.844. The molecule has 2 aromatic rings. The van der Waals surface area contributed by atoms with Gasteiger partial charge in [-0.25, -0.2) is 23.1 Å². The summed E-state index contributed by atoms with van der Waals surface area (Å²) in [5.41, 5.74) is 0.0712. The molecule has 0 radical (unpaired) electrons. The number of nitrogens with zero attached hydrogens (tertiary/aromatic N) is 2. The Bertz CT molecular complexity index is 608. The molecular weight excluding hydrogens is 269 g/mol. The maximum Gasteiger partial charge on any atom is 0.194 e. The molecule has 4 nitrogen and oxygen atoms in total. The number of hydrogen-bond donors (Lipinski definition) is 2. The summed E-state index contributed by atoms with van der Waals surface area (Å²) in [4.78, 5) is 8.24. The van der Waals surface area contributed by atoms with Gasteiger partial charge < -0.3 is 10.6 Å². The summed E-state index contributed by atoms with van der Waals surface area (Å²) in [7, 11) is 0. The van der Waals surface area contributed by atoms with Gasteiger partial charge in [0.25, 0.3) is 0 Å². The van der Waals surface area contributed by atoms with Gasteiger partial charge in [0.1, 0.15) is 17.5 Å². The third kappa shape index (κ3) is 3.17. The van der Waals surface area contributed by atoms with Crippen LogP contribution in [-0.2, 0) is 0 Å². The Morgan fingerprint density at radius 3 is 2.20 bits per heavy atom. The van der Waals surface area contributed by atoms with E-state index in [1.807, 2.05) is 6.92 Å². The maximum absolute atomic E-state index is 13.1. The van der Waals surface area contributed by atoms with E-state index in [-0.39, 0.29) is 5.69 Å². The predicted octanol–water partition coefficient (Wildman–Crippen LogP) is 3.38. The lowest BCUT2D eigenvalue weighted by atomic mass is 10.3. The van der Waals surface area contributed by atoms with E-state index in [2.05, 4.69) is 20.6 Å². The van der Waals surface area contributed by atoms with Crippen molar-refractivity contribution in [2.24, 2.45) is 0 Å². The number of benzene rings is 1. The van der Waals surface area contributed by atoms with Gasteiger partial charge in [0.15, 0.2) is 17.5 Å². The normalized spacial score (nSPS) is 10.4. The van der Waals surface area contributed by atoms with Crippen LogP contribution in [0.3, 0.4) is 0 Å². The Balaban J connectivity index is 2.30. The van der Waals surface area contributed by atoms with Crippen LogP contribution < -0.4 is 10.6 Å². The Morgan fingerprint density at radius 1 is 1.00 bits per heavy atom. The van der Waals surface area contributed by atoms with Crippen LogP contribution in [0.25, 0.3) is 0 Å². The lowest BCUT2D eigenvalue weighted by Crippen LogP contribution is -2.04. The highest BCUT2D eigenvalue weighted by atomic mass is 19.2. The zero-order valence-electron chi connectivity index (χ0n) is 11.0. The molecule has 0 amide bonds. The first-order chi connectivity index (χ1) is 9.49. The number of anilines is 3. The van der Waals surface area contributed by atoms with Gasteiger partial charge in [0.2, 0.25) is 0 Å². The summed E-state index contributed by atoms with van der Waals surface area (Å²) < 4.78 is 39.1. The first-order valence-electron chi connectivity index (χ1n) is 6.00. The van der Waals surface area contributed by atoms with Crippen LogP contribution >= 0.6 is 0 Å². The minimum Gasteiger partial charge on any atom is -0.370 e. The van der Waals surface area contributed by atoms with Crippen molar-refractivity contribution >= 4 is 17.3 Å². The molecule has 0 saturated carbocycles. The lowest BCUT2D eigenvalue weighted by molar-refractivity contribution is 0.448. The van der Waals surface area contributed by atoms with Crippen molar-refractivity contribution in [1.29, 1.82) is 0 Å². The molecule has 0 aliphatic rings. The molecule has 7 heteroatoms. The highest BCUT2D eigenvalue weighted by molar-refractivity contribution is 5.59. The van der Waals surface area contributed by atoms with Crippen molar-refractivity contribution in [3.63, 3.8) is 0 Å². The van der Waals surface area contributed by atoms with Crippen LogP contribution in [0.5, 0.6) is 0 Å². The third-order valence-electron chi connectivity index (χ3n) is 2.45.